The number of nitrogens with zero attached hydrogens (tertiary/aromatic N) is 1. The van der Waals surface area contributed by atoms with E-state index in [0.29, 0.717) is 29.1 Å². The van der Waals surface area contributed by atoms with Gasteiger partial charge < -0.3 is 14.3 Å². The third kappa shape index (κ3) is 3.44. The second kappa shape index (κ2) is 7.15. The van der Waals surface area contributed by atoms with E-state index in [1.807, 2.05) is 0 Å². The van der Waals surface area contributed by atoms with Crippen LogP contribution in [0, 0.1) is 5.82 Å². The maximum absolute atomic E-state index is 13.6. The number of rotatable bonds is 5. The van der Waals surface area contributed by atoms with Gasteiger partial charge in [0.05, 0.1) is 11.8 Å². The molecule has 2 heterocycles. The van der Waals surface area contributed by atoms with Crippen LogP contribution in [0.5, 0.6) is 0 Å². The van der Waals surface area contributed by atoms with Crippen LogP contribution in [0.4, 0.5) is 10.1 Å². The highest BCUT2D eigenvalue weighted by Crippen LogP contribution is 2.24. The zero-order valence-electron chi connectivity index (χ0n) is 15.1. The lowest BCUT2D eigenvalue weighted by Gasteiger charge is -2.11. The van der Waals surface area contributed by atoms with Gasteiger partial charge in [0.25, 0.3) is 5.91 Å². The van der Waals surface area contributed by atoms with Crippen LogP contribution < -0.4 is 5.32 Å². The Bertz CT molecular complexity index is 1170. The number of benzene rings is 2. The van der Waals surface area contributed by atoms with Crippen molar-refractivity contribution < 1.29 is 18.4 Å². The van der Waals surface area contributed by atoms with Gasteiger partial charge in [0.15, 0.2) is 11.4 Å². The summed E-state index contributed by atoms with van der Waals surface area (Å²) in [5.41, 5.74) is 3.61. The van der Waals surface area contributed by atoms with Gasteiger partial charge >= 0.3 is 0 Å². The number of nitrogens with one attached hydrogen (secondary N) is 1. The lowest BCUT2D eigenvalue weighted by atomic mass is 10.1. The summed E-state index contributed by atoms with van der Waals surface area (Å²) in [4.78, 5) is 24.2. The van der Waals surface area contributed by atoms with E-state index in [1.165, 1.54) is 19.1 Å². The molecule has 0 saturated carbocycles. The van der Waals surface area contributed by atoms with Crippen molar-refractivity contribution in [3.8, 4) is 0 Å². The van der Waals surface area contributed by atoms with Gasteiger partial charge in [-0.05, 0) is 48.9 Å². The van der Waals surface area contributed by atoms with Crippen molar-refractivity contribution in [1.29, 1.82) is 0 Å². The van der Waals surface area contributed by atoms with Crippen LogP contribution in [0.25, 0.3) is 11.1 Å². The molecule has 140 valence electrons. The van der Waals surface area contributed by atoms with Crippen LogP contribution in [-0.4, -0.2) is 16.3 Å². The van der Waals surface area contributed by atoms with Gasteiger partial charge in [0, 0.05) is 29.9 Å². The maximum atomic E-state index is 13.6. The predicted octanol–water partition coefficient (Wildman–Crippen LogP) is 4.88. The Hall–Kier alpha value is -3.67. The lowest BCUT2D eigenvalue weighted by molar-refractivity contribution is 0.101. The molecule has 1 N–H and O–H groups in total. The van der Waals surface area contributed by atoms with Gasteiger partial charge in [-0.3, -0.25) is 9.59 Å². The number of Topliss-reactive ketones (excluding diaryl/α,β-unsaturated/α-hetero) is 1. The van der Waals surface area contributed by atoms with E-state index in [-0.39, 0.29) is 17.5 Å². The molecule has 0 fully saturated rings. The van der Waals surface area contributed by atoms with Crippen LogP contribution in [0.2, 0.25) is 0 Å². The summed E-state index contributed by atoms with van der Waals surface area (Å²) < 4.78 is 20.8. The van der Waals surface area contributed by atoms with Crippen LogP contribution in [-0.2, 0) is 6.54 Å². The van der Waals surface area contributed by atoms with E-state index in [0.717, 1.165) is 11.1 Å². The maximum Gasteiger partial charge on any atom is 0.272 e. The van der Waals surface area contributed by atoms with Crippen molar-refractivity contribution in [3.05, 3.63) is 89.6 Å². The normalized spacial score (nSPS) is 10.9. The summed E-state index contributed by atoms with van der Waals surface area (Å²) in [6.07, 6.45) is 1.55. The van der Waals surface area contributed by atoms with Crippen LogP contribution in [0.1, 0.15) is 33.3 Å². The number of fused-ring (bicyclic) bond motifs is 1. The predicted molar refractivity (Wildman–Crippen MR) is 104 cm³/mol. The summed E-state index contributed by atoms with van der Waals surface area (Å²) in [7, 11) is 0. The van der Waals surface area contributed by atoms with Gasteiger partial charge in [-0.25, -0.2) is 4.39 Å². The van der Waals surface area contributed by atoms with Gasteiger partial charge in [0.1, 0.15) is 11.5 Å². The van der Waals surface area contributed by atoms with Crippen molar-refractivity contribution in [2.24, 2.45) is 0 Å². The molecule has 0 atom stereocenters. The zero-order chi connectivity index (χ0) is 19.7. The molecule has 0 spiro atoms. The molecule has 6 heteroatoms. The van der Waals surface area contributed by atoms with Gasteiger partial charge in [-0.1, -0.05) is 12.1 Å². The number of ketones is 1. The molecule has 0 unspecified atom stereocenters. The topological polar surface area (TPSA) is 64.2 Å². The number of carbonyl (C=O) groups is 2. The number of hydrogen-bond donors (Lipinski definition) is 1. The molecule has 0 saturated heterocycles. The first kappa shape index (κ1) is 17.7. The van der Waals surface area contributed by atoms with E-state index >= 15 is 0 Å². The molecule has 0 radical (unpaired) electrons. The Balaban J connectivity index is 1.65. The molecule has 4 rings (SSSR count). The average molecular weight is 376 g/mol. The van der Waals surface area contributed by atoms with Crippen LogP contribution in [0.15, 0.2) is 71.3 Å². The summed E-state index contributed by atoms with van der Waals surface area (Å²) >= 11 is 0. The number of carbonyl (C=O) groups excluding carboxylic acids is 2. The second-order valence-corrected chi connectivity index (χ2v) is 6.50. The Kier molecular flexibility index (Phi) is 4.53. The highest BCUT2D eigenvalue weighted by molar-refractivity contribution is 6.06. The fraction of sp³-hybridized carbons (Fsp3) is 0.0909. The third-order valence-corrected chi connectivity index (χ3v) is 4.53. The fourth-order valence-corrected chi connectivity index (χ4v) is 3.14. The molecule has 1 amide bonds. The molecule has 2 aromatic carbocycles. The van der Waals surface area contributed by atoms with Crippen LogP contribution in [0.3, 0.4) is 0 Å². The smallest absolute Gasteiger partial charge is 0.272 e. The number of hydrogen-bond acceptors (Lipinski definition) is 3. The third-order valence-electron chi connectivity index (χ3n) is 4.53. The number of amides is 1. The Labute approximate surface area is 160 Å². The first-order chi connectivity index (χ1) is 13.5. The molecule has 0 aliphatic carbocycles. The summed E-state index contributed by atoms with van der Waals surface area (Å²) in [5.74, 6) is -0.690. The molecular formula is C22H17FN2O3. The minimum Gasteiger partial charge on any atom is -0.463 e. The Morgan fingerprint density at radius 3 is 2.57 bits per heavy atom. The van der Waals surface area contributed by atoms with E-state index in [1.54, 1.807) is 59.4 Å². The van der Waals surface area contributed by atoms with Gasteiger partial charge in [0.2, 0.25) is 0 Å². The van der Waals surface area contributed by atoms with Crippen LogP contribution >= 0.6 is 0 Å². The average Bonchev–Trinajstić information content (AvgIpc) is 3.25. The fourth-order valence-electron chi connectivity index (χ4n) is 3.14. The second-order valence-electron chi connectivity index (χ2n) is 6.50. The number of aromatic nitrogens is 1. The zero-order valence-corrected chi connectivity index (χ0v) is 15.1. The molecular weight excluding hydrogens is 359 g/mol. The number of furan rings is 1. The molecule has 0 aliphatic heterocycles. The van der Waals surface area contributed by atoms with Crippen molar-refractivity contribution >= 4 is 28.5 Å². The van der Waals surface area contributed by atoms with E-state index in [4.69, 9.17) is 4.42 Å². The molecule has 5 nitrogen and oxygen atoms in total. The van der Waals surface area contributed by atoms with E-state index < -0.39 is 0 Å². The largest absolute Gasteiger partial charge is 0.463 e. The molecule has 2 aromatic heterocycles. The summed E-state index contributed by atoms with van der Waals surface area (Å²) in [5, 5.41) is 2.83. The molecule has 0 bridgehead atoms. The van der Waals surface area contributed by atoms with Crippen molar-refractivity contribution in [2.45, 2.75) is 13.5 Å². The molecule has 4 aromatic rings. The monoisotopic (exact) mass is 376 g/mol. The van der Waals surface area contributed by atoms with E-state index in [9.17, 15) is 14.0 Å². The Morgan fingerprint density at radius 1 is 1.07 bits per heavy atom. The van der Waals surface area contributed by atoms with Gasteiger partial charge in [-0.15, -0.1) is 0 Å². The molecule has 0 aliphatic rings. The summed E-state index contributed by atoms with van der Waals surface area (Å²) in [6.45, 7) is 1.81. The van der Waals surface area contributed by atoms with Crippen molar-refractivity contribution in [1.82, 2.24) is 4.57 Å². The quantitative estimate of drug-likeness (QED) is 0.505. The summed E-state index contributed by atoms with van der Waals surface area (Å²) in [6, 6.07) is 16.4. The standard InChI is InChI=1S/C22H17FN2O3/c1-14(26)16-5-7-18(8-6-16)24-22(27)20-12-21-19(9-10-28-21)25(20)13-15-3-2-4-17(23)11-15/h2-12H,13H2,1H3,(H,24,27). The Morgan fingerprint density at radius 2 is 1.86 bits per heavy atom. The number of anilines is 1. The highest BCUT2D eigenvalue weighted by Gasteiger charge is 2.18. The first-order valence-corrected chi connectivity index (χ1v) is 8.75. The van der Waals surface area contributed by atoms with E-state index in [2.05, 4.69) is 5.32 Å². The minimum atomic E-state index is -0.329. The lowest BCUT2D eigenvalue weighted by Crippen LogP contribution is -2.17. The SMILES string of the molecule is CC(=O)c1ccc(NC(=O)c2cc3occc3n2Cc2cccc(F)c2)cc1. The van der Waals surface area contributed by atoms with Crippen molar-refractivity contribution in [3.63, 3.8) is 0 Å². The van der Waals surface area contributed by atoms with Gasteiger partial charge in [-0.2, -0.15) is 0 Å². The van der Waals surface area contributed by atoms with Crippen molar-refractivity contribution in [2.75, 3.05) is 5.32 Å². The first-order valence-electron chi connectivity index (χ1n) is 8.75. The minimum absolute atomic E-state index is 0.0396. The highest BCUT2D eigenvalue weighted by atomic mass is 19.1. The molecule has 28 heavy (non-hydrogen) atoms. The number of halogens is 1.